The smallest absolute Gasteiger partial charge is 0.0777 e. The molecule has 1 atom stereocenters. The van der Waals surface area contributed by atoms with Gasteiger partial charge in [0.05, 0.1) is 5.60 Å². The second kappa shape index (κ2) is 4.98. The summed E-state index contributed by atoms with van der Waals surface area (Å²) in [5.74, 6) is 0. The quantitative estimate of drug-likeness (QED) is 0.841. The highest BCUT2D eigenvalue weighted by Crippen LogP contribution is 2.25. The monoisotopic (exact) mass is 219 g/mol. The van der Waals surface area contributed by atoms with E-state index in [1.54, 1.807) is 0 Å². The summed E-state index contributed by atoms with van der Waals surface area (Å²) in [4.78, 5) is 2.23. The molecule has 1 unspecified atom stereocenters. The molecule has 1 aromatic carbocycles. The van der Waals surface area contributed by atoms with Crippen molar-refractivity contribution < 1.29 is 5.11 Å². The van der Waals surface area contributed by atoms with E-state index in [0.717, 1.165) is 38.8 Å². The van der Waals surface area contributed by atoms with Gasteiger partial charge in [-0.1, -0.05) is 30.3 Å². The van der Waals surface area contributed by atoms with Crippen molar-refractivity contribution in [3.05, 3.63) is 35.9 Å². The number of rotatable bonds is 3. The number of likely N-dealkylation sites (tertiary alicyclic amines) is 1. The number of aliphatic hydroxyl groups is 1. The van der Waals surface area contributed by atoms with Crippen LogP contribution >= 0.6 is 0 Å². The van der Waals surface area contributed by atoms with Gasteiger partial charge in [-0.25, -0.2) is 0 Å². The van der Waals surface area contributed by atoms with Crippen LogP contribution in [-0.2, 0) is 6.42 Å². The first-order valence-electron chi connectivity index (χ1n) is 6.13. The van der Waals surface area contributed by atoms with Gasteiger partial charge in [-0.15, -0.1) is 0 Å². The van der Waals surface area contributed by atoms with Gasteiger partial charge in [-0.2, -0.15) is 0 Å². The highest BCUT2D eigenvalue weighted by atomic mass is 16.3. The summed E-state index contributed by atoms with van der Waals surface area (Å²) >= 11 is 0. The van der Waals surface area contributed by atoms with Gasteiger partial charge in [-0.05, 0) is 44.8 Å². The molecule has 0 spiro atoms. The summed E-state index contributed by atoms with van der Waals surface area (Å²) < 4.78 is 0. The van der Waals surface area contributed by atoms with Crippen LogP contribution in [0, 0.1) is 0 Å². The summed E-state index contributed by atoms with van der Waals surface area (Å²) in [6.07, 6.45) is 3.92. The Balaban J connectivity index is 1.89. The Morgan fingerprint density at radius 2 is 2.06 bits per heavy atom. The number of piperidine rings is 1. The number of hydrogen-bond acceptors (Lipinski definition) is 2. The molecule has 1 aliphatic rings. The third kappa shape index (κ3) is 3.06. The lowest BCUT2D eigenvalue weighted by molar-refractivity contribution is -0.0291. The third-order valence-corrected chi connectivity index (χ3v) is 3.47. The predicted molar refractivity (Wildman–Crippen MR) is 66.4 cm³/mol. The van der Waals surface area contributed by atoms with E-state index in [4.69, 9.17) is 0 Å². The average molecular weight is 219 g/mol. The number of benzene rings is 1. The molecule has 16 heavy (non-hydrogen) atoms. The molecule has 0 saturated carbocycles. The molecule has 1 heterocycles. The van der Waals surface area contributed by atoms with Gasteiger partial charge < -0.3 is 10.0 Å². The second-order valence-corrected chi connectivity index (χ2v) is 5.05. The van der Waals surface area contributed by atoms with Crippen LogP contribution in [-0.4, -0.2) is 35.7 Å². The molecule has 0 bridgehead atoms. The summed E-state index contributed by atoms with van der Waals surface area (Å²) in [7, 11) is 2.09. The summed E-state index contributed by atoms with van der Waals surface area (Å²) in [5, 5.41) is 10.5. The van der Waals surface area contributed by atoms with Crippen molar-refractivity contribution in [1.82, 2.24) is 4.90 Å². The van der Waals surface area contributed by atoms with Gasteiger partial charge in [0.25, 0.3) is 0 Å². The normalized spacial score (nSPS) is 26.9. The molecule has 88 valence electrons. The minimum absolute atomic E-state index is 0.469. The lowest BCUT2D eigenvalue weighted by Crippen LogP contribution is -2.46. The first-order chi connectivity index (χ1) is 7.68. The standard InChI is InChI=1S/C14H21NO/c1-15-11-5-9-14(16,12-15)10-8-13-6-3-2-4-7-13/h2-4,6-7,16H,5,8-12H2,1H3. The molecule has 0 amide bonds. The molecular formula is C14H21NO. The van der Waals surface area contributed by atoms with Crippen LogP contribution in [0.2, 0.25) is 0 Å². The van der Waals surface area contributed by atoms with E-state index in [1.165, 1.54) is 5.56 Å². The van der Waals surface area contributed by atoms with Crippen LogP contribution < -0.4 is 0 Å². The van der Waals surface area contributed by atoms with Crippen LogP contribution in [0.5, 0.6) is 0 Å². The number of β-amino-alcohol motifs (C(OH)–C–C–N with tert-alkyl or cyclic N) is 1. The minimum atomic E-state index is -0.469. The van der Waals surface area contributed by atoms with Gasteiger partial charge in [-0.3, -0.25) is 0 Å². The Hall–Kier alpha value is -0.860. The number of nitrogens with zero attached hydrogens (tertiary/aromatic N) is 1. The average Bonchev–Trinajstić information content (AvgIpc) is 2.28. The Morgan fingerprint density at radius 3 is 2.75 bits per heavy atom. The van der Waals surface area contributed by atoms with Gasteiger partial charge in [0, 0.05) is 6.54 Å². The zero-order valence-corrected chi connectivity index (χ0v) is 10.0. The van der Waals surface area contributed by atoms with E-state index in [9.17, 15) is 5.11 Å². The molecule has 0 aliphatic carbocycles. The molecule has 2 rings (SSSR count). The van der Waals surface area contributed by atoms with Crippen molar-refractivity contribution >= 4 is 0 Å². The van der Waals surface area contributed by atoms with Crippen molar-refractivity contribution in [3.8, 4) is 0 Å². The number of hydrogen-bond donors (Lipinski definition) is 1. The maximum absolute atomic E-state index is 10.5. The van der Waals surface area contributed by atoms with Crippen molar-refractivity contribution in [1.29, 1.82) is 0 Å². The molecule has 1 aromatic rings. The van der Waals surface area contributed by atoms with E-state index in [1.807, 2.05) is 6.07 Å². The van der Waals surface area contributed by atoms with Gasteiger partial charge in [0.2, 0.25) is 0 Å². The lowest BCUT2D eigenvalue weighted by Gasteiger charge is -2.37. The van der Waals surface area contributed by atoms with Crippen LogP contribution in [0.1, 0.15) is 24.8 Å². The zero-order chi connectivity index (χ0) is 11.4. The largest absolute Gasteiger partial charge is 0.389 e. The molecule has 1 aliphatic heterocycles. The van der Waals surface area contributed by atoms with Crippen molar-refractivity contribution in [2.75, 3.05) is 20.1 Å². The molecule has 2 nitrogen and oxygen atoms in total. The minimum Gasteiger partial charge on any atom is -0.389 e. The fourth-order valence-electron chi connectivity index (χ4n) is 2.56. The molecule has 1 N–H and O–H groups in total. The van der Waals surface area contributed by atoms with Gasteiger partial charge >= 0.3 is 0 Å². The fourth-order valence-corrected chi connectivity index (χ4v) is 2.56. The van der Waals surface area contributed by atoms with E-state index in [2.05, 4.69) is 36.2 Å². The Bertz CT molecular complexity index is 325. The number of likely N-dealkylation sites (N-methyl/N-ethyl adjacent to an activating group) is 1. The van der Waals surface area contributed by atoms with E-state index in [-0.39, 0.29) is 0 Å². The predicted octanol–water partition coefficient (Wildman–Crippen LogP) is 2.08. The first-order valence-corrected chi connectivity index (χ1v) is 6.13. The van der Waals surface area contributed by atoms with E-state index < -0.39 is 5.60 Å². The van der Waals surface area contributed by atoms with Crippen LogP contribution in [0.25, 0.3) is 0 Å². The maximum atomic E-state index is 10.5. The summed E-state index contributed by atoms with van der Waals surface area (Å²) in [6.45, 7) is 1.94. The van der Waals surface area contributed by atoms with E-state index in [0.29, 0.717) is 0 Å². The fraction of sp³-hybridized carbons (Fsp3) is 0.571. The lowest BCUT2D eigenvalue weighted by atomic mass is 9.87. The van der Waals surface area contributed by atoms with Crippen LogP contribution in [0.3, 0.4) is 0 Å². The summed E-state index contributed by atoms with van der Waals surface area (Å²) in [6, 6.07) is 10.4. The van der Waals surface area contributed by atoms with E-state index >= 15 is 0 Å². The molecule has 0 aromatic heterocycles. The number of aryl methyl sites for hydroxylation is 1. The van der Waals surface area contributed by atoms with Gasteiger partial charge in [0.1, 0.15) is 0 Å². The molecule has 1 fully saturated rings. The van der Waals surface area contributed by atoms with Crippen LogP contribution in [0.15, 0.2) is 30.3 Å². The molecule has 0 radical (unpaired) electrons. The van der Waals surface area contributed by atoms with Crippen molar-refractivity contribution in [2.24, 2.45) is 0 Å². The topological polar surface area (TPSA) is 23.5 Å². The summed E-state index contributed by atoms with van der Waals surface area (Å²) in [5.41, 5.74) is 0.854. The zero-order valence-electron chi connectivity index (χ0n) is 10.0. The molecule has 2 heteroatoms. The third-order valence-electron chi connectivity index (χ3n) is 3.47. The second-order valence-electron chi connectivity index (χ2n) is 5.05. The Kier molecular flexibility index (Phi) is 3.62. The Morgan fingerprint density at radius 1 is 1.31 bits per heavy atom. The highest BCUT2D eigenvalue weighted by molar-refractivity contribution is 5.15. The van der Waals surface area contributed by atoms with Crippen molar-refractivity contribution in [2.45, 2.75) is 31.3 Å². The molecule has 1 saturated heterocycles. The molecular weight excluding hydrogens is 198 g/mol. The first kappa shape index (κ1) is 11.6. The highest BCUT2D eigenvalue weighted by Gasteiger charge is 2.31. The Labute approximate surface area is 97.9 Å². The SMILES string of the molecule is CN1CCCC(O)(CCc2ccccc2)C1. The maximum Gasteiger partial charge on any atom is 0.0777 e. The van der Waals surface area contributed by atoms with Crippen LogP contribution in [0.4, 0.5) is 0 Å². The van der Waals surface area contributed by atoms with Crippen molar-refractivity contribution in [3.63, 3.8) is 0 Å². The van der Waals surface area contributed by atoms with Gasteiger partial charge in [0.15, 0.2) is 0 Å².